The molecule has 0 atom stereocenters. The fourth-order valence-electron chi connectivity index (χ4n) is 6.39. The Balaban J connectivity index is 1.13. The first-order chi connectivity index (χ1) is 23.3. The van der Waals surface area contributed by atoms with Gasteiger partial charge in [-0.1, -0.05) is 146 Å². The maximum absolute atomic E-state index is 6.68. The van der Waals surface area contributed by atoms with Crippen molar-refractivity contribution in [2.45, 2.75) is 0 Å². The number of benzene rings is 7. The number of furan rings is 1. The van der Waals surface area contributed by atoms with Crippen LogP contribution >= 0.6 is 0 Å². The molecule has 0 saturated heterocycles. The zero-order chi connectivity index (χ0) is 31.2. The van der Waals surface area contributed by atoms with Crippen LogP contribution < -0.4 is 0 Å². The van der Waals surface area contributed by atoms with Crippen LogP contribution in [0.3, 0.4) is 0 Å². The van der Waals surface area contributed by atoms with Crippen LogP contribution in [0.5, 0.6) is 0 Å². The molecule has 0 aliphatic carbocycles. The molecule has 2 aromatic heterocycles. The minimum absolute atomic E-state index is 0.637. The molecule has 9 aromatic rings. The lowest BCUT2D eigenvalue weighted by Gasteiger charge is -2.09. The molecule has 0 unspecified atom stereocenters. The van der Waals surface area contributed by atoms with E-state index in [-0.39, 0.29) is 0 Å². The molecule has 0 radical (unpaired) electrons. The highest BCUT2D eigenvalue weighted by atomic mass is 16.3. The van der Waals surface area contributed by atoms with Gasteiger partial charge in [0.25, 0.3) is 0 Å². The summed E-state index contributed by atoms with van der Waals surface area (Å²) in [5.74, 6) is 1.94. The molecule has 0 aliphatic rings. The average Bonchev–Trinajstić information content (AvgIpc) is 3.52. The minimum Gasteiger partial charge on any atom is -0.455 e. The van der Waals surface area contributed by atoms with E-state index in [0.29, 0.717) is 17.5 Å². The molecule has 2 heterocycles. The molecule has 0 amide bonds. The van der Waals surface area contributed by atoms with Crippen molar-refractivity contribution in [1.82, 2.24) is 15.0 Å². The van der Waals surface area contributed by atoms with E-state index < -0.39 is 0 Å². The van der Waals surface area contributed by atoms with Gasteiger partial charge in [-0.2, -0.15) is 0 Å². The fourth-order valence-corrected chi connectivity index (χ4v) is 6.39. The van der Waals surface area contributed by atoms with E-state index in [2.05, 4.69) is 97.1 Å². The lowest BCUT2D eigenvalue weighted by Crippen LogP contribution is -2.00. The number of rotatable bonds is 5. The van der Waals surface area contributed by atoms with E-state index >= 15 is 0 Å². The number of aromatic nitrogens is 3. The van der Waals surface area contributed by atoms with E-state index in [1.165, 1.54) is 10.8 Å². The number of nitrogens with zero attached hydrogens (tertiary/aromatic N) is 3. The van der Waals surface area contributed by atoms with E-state index in [1.807, 2.05) is 66.7 Å². The number of fused-ring (bicyclic) bond motifs is 4. The first-order valence-electron chi connectivity index (χ1n) is 15.7. The van der Waals surface area contributed by atoms with Crippen molar-refractivity contribution in [3.8, 4) is 56.4 Å². The molecule has 0 spiro atoms. The summed E-state index contributed by atoms with van der Waals surface area (Å²) < 4.78 is 6.68. The summed E-state index contributed by atoms with van der Waals surface area (Å²) in [5.41, 5.74) is 9.05. The Morgan fingerprint density at radius 2 is 0.830 bits per heavy atom. The first kappa shape index (κ1) is 27.0. The van der Waals surface area contributed by atoms with Crippen molar-refractivity contribution < 1.29 is 4.42 Å². The molecule has 0 fully saturated rings. The van der Waals surface area contributed by atoms with Gasteiger partial charge in [0.2, 0.25) is 0 Å². The summed E-state index contributed by atoms with van der Waals surface area (Å²) in [4.78, 5) is 14.6. The minimum atomic E-state index is 0.637. The van der Waals surface area contributed by atoms with Crippen LogP contribution in [0, 0.1) is 0 Å². The molecular formula is C43H27N3O. The van der Waals surface area contributed by atoms with Gasteiger partial charge < -0.3 is 4.42 Å². The Morgan fingerprint density at radius 3 is 1.45 bits per heavy atom. The molecule has 9 rings (SSSR count). The second-order valence-corrected chi connectivity index (χ2v) is 11.6. The van der Waals surface area contributed by atoms with Crippen molar-refractivity contribution in [3.63, 3.8) is 0 Å². The number of hydrogen-bond acceptors (Lipinski definition) is 4. The van der Waals surface area contributed by atoms with Gasteiger partial charge in [0.05, 0.1) is 0 Å². The number of hydrogen-bond donors (Lipinski definition) is 0. The topological polar surface area (TPSA) is 51.8 Å². The normalized spacial score (nSPS) is 11.4. The second kappa shape index (κ2) is 11.2. The predicted octanol–water partition coefficient (Wildman–Crippen LogP) is 11.3. The Hall–Kier alpha value is -6.39. The average molecular weight is 602 g/mol. The zero-order valence-corrected chi connectivity index (χ0v) is 25.3. The quantitative estimate of drug-likeness (QED) is 0.197. The van der Waals surface area contributed by atoms with Crippen molar-refractivity contribution in [1.29, 1.82) is 0 Å². The highest BCUT2D eigenvalue weighted by Gasteiger charge is 2.17. The van der Waals surface area contributed by atoms with Gasteiger partial charge in [-0.3, -0.25) is 0 Å². The maximum Gasteiger partial charge on any atom is 0.164 e. The van der Waals surface area contributed by atoms with Crippen LogP contribution in [0.15, 0.2) is 168 Å². The van der Waals surface area contributed by atoms with Gasteiger partial charge in [0.15, 0.2) is 17.5 Å². The van der Waals surface area contributed by atoms with Gasteiger partial charge in [0.1, 0.15) is 11.2 Å². The molecule has 0 aliphatic heterocycles. The van der Waals surface area contributed by atoms with Crippen LogP contribution in [-0.2, 0) is 0 Å². The van der Waals surface area contributed by atoms with Gasteiger partial charge >= 0.3 is 0 Å². The highest BCUT2D eigenvalue weighted by Crippen LogP contribution is 2.42. The summed E-state index contributed by atoms with van der Waals surface area (Å²) in [6, 6.07) is 56.3. The molecule has 0 N–H and O–H groups in total. The molecule has 4 heteroatoms. The van der Waals surface area contributed by atoms with Gasteiger partial charge in [0, 0.05) is 33.0 Å². The first-order valence-corrected chi connectivity index (χ1v) is 15.7. The summed E-state index contributed by atoms with van der Waals surface area (Å²) in [5, 5.41) is 4.61. The van der Waals surface area contributed by atoms with Crippen LogP contribution in [0.2, 0.25) is 0 Å². The molecular weight excluding hydrogens is 574 g/mol. The Labute approximate surface area is 271 Å². The Bertz CT molecular complexity index is 2480. The third-order valence-electron chi connectivity index (χ3n) is 8.72. The van der Waals surface area contributed by atoms with Crippen molar-refractivity contribution >= 4 is 32.7 Å². The largest absolute Gasteiger partial charge is 0.455 e. The Morgan fingerprint density at radius 1 is 0.340 bits per heavy atom. The van der Waals surface area contributed by atoms with Crippen LogP contribution in [0.25, 0.3) is 89.1 Å². The molecule has 0 saturated carbocycles. The van der Waals surface area contributed by atoms with E-state index in [9.17, 15) is 0 Å². The van der Waals surface area contributed by atoms with Crippen molar-refractivity contribution in [2.75, 3.05) is 0 Å². The van der Waals surface area contributed by atoms with Crippen LogP contribution in [0.1, 0.15) is 0 Å². The summed E-state index contributed by atoms with van der Waals surface area (Å²) in [6.45, 7) is 0. The lowest BCUT2D eigenvalue weighted by atomic mass is 9.95. The monoisotopic (exact) mass is 601 g/mol. The standard InChI is InChI=1S/C43H27N3O/c1-4-12-29(13-5-1)39-35-19-11-10-18-34(35)26-37-36-25-24-33(27-38(36)47-40(37)39)28-20-22-32(23-21-28)43-45-41(30-14-6-2-7-15-30)44-42(46-43)31-16-8-3-9-17-31/h1-27H. The van der Waals surface area contributed by atoms with Gasteiger partial charge in [-0.05, 0) is 45.7 Å². The molecule has 47 heavy (non-hydrogen) atoms. The van der Waals surface area contributed by atoms with Gasteiger partial charge in [-0.15, -0.1) is 0 Å². The van der Waals surface area contributed by atoms with Crippen LogP contribution in [0.4, 0.5) is 0 Å². The third-order valence-corrected chi connectivity index (χ3v) is 8.72. The van der Waals surface area contributed by atoms with Crippen molar-refractivity contribution in [2.24, 2.45) is 0 Å². The molecule has 220 valence electrons. The Kier molecular flexibility index (Phi) is 6.43. The summed E-state index contributed by atoms with van der Waals surface area (Å²) in [7, 11) is 0. The van der Waals surface area contributed by atoms with Crippen molar-refractivity contribution in [3.05, 3.63) is 164 Å². The summed E-state index contributed by atoms with van der Waals surface area (Å²) in [6.07, 6.45) is 0. The van der Waals surface area contributed by atoms with Crippen LogP contribution in [-0.4, -0.2) is 15.0 Å². The smallest absolute Gasteiger partial charge is 0.164 e. The second-order valence-electron chi connectivity index (χ2n) is 11.6. The predicted molar refractivity (Wildman–Crippen MR) is 192 cm³/mol. The van der Waals surface area contributed by atoms with Gasteiger partial charge in [-0.25, -0.2) is 15.0 Å². The van der Waals surface area contributed by atoms with E-state index in [0.717, 1.165) is 60.9 Å². The maximum atomic E-state index is 6.68. The van der Waals surface area contributed by atoms with E-state index in [1.54, 1.807) is 0 Å². The SMILES string of the molecule is c1ccc(-c2nc(-c3ccccc3)nc(-c3ccc(-c4ccc5c(c4)oc4c(-c6ccccc6)c6ccccc6cc45)cc3)n2)cc1. The molecule has 0 bridgehead atoms. The molecule has 7 aromatic carbocycles. The summed E-state index contributed by atoms with van der Waals surface area (Å²) >= 11 is 0. The van der Waals surface area contributed by atoms with E-state index in [4.69, 9.17) is 19.4 Å². The zero-order valence-electron chi connectivity index (χ0n) is 25.3. The lowest BCUT2D eigenvalue weighted by molar-refractivity contribution is 0.670. The third kappa shape index (κ3) is 4.84. The fraction of sp³-hybridized carbons (Fsp3) is 0. The molecule has 4 nitrogen and oxygen atoms in total. The highest BCUT2D eigenvalue weighted by molar-refractivity contribution is 6.18.